The van der Waals surface area contributed by atoms with Crippen LogP contribution < -0.4 is 5.32 Å². The molecule has 4 unspecified atom stereocenters. The standard InChI is InChI=1S/C13H14BrNOS/c14-8-3-4-17-12(8)13(16)15-11-9-6-1-2-7(5-6)10(9)11/h3-4,6-7,9-11H,1-2,5H2,(H,15,16). The summed E-state index contributed by atoms with van der Waals surface area (Å²) in [5.74, 6) is 3.59. The van der Waals surface area contributed by atoms with Crippen molar-refractivity contribution in [3.8, 4) is 0 Å². The van der Waals surface area contributed by atoms with Crippen LogP contribution in [0.1, 0.15) is 28.9 Å². The number of nitrogens with one attached hydrogen (secondary N) is 1. The number of hydrogen-bond donors (Lipinski definition) is 1. The Morgan fingerprint density at radius 3 is 2.65 bits per heavy atom. The molecular weight excluding hydrogens is 298 g/mol. The van der Waals surface area contributed by atoms with E-state index in [1.165, 1.54) is 30.6 Å². The topological polar surface area (TPSA) is 29.1 Å². The van der Waals surface area contributed by atoms with Gasteiger partial charge in [0.25, 0.3) is 5.91 Å². The summed E-state index contributed by atoms with van der Waals surface area (Å²) in [7, 11) is 0. The van der Waals surface area contributed by atoms with E-state index in [0.29, 0.717) is 6.04 Å². The van der Waals surface area contributed by atoms with Crippen molar-refractivity contribution in [2.45, 2.75) is 25.3 Å². The van der Waals surface area contributed by atoms with E-state index in [-0.39, 0.29) is 5.91 Å². The Morgan fingerprint density at radius 2 is 2.06 bits per heavy atom. The molecule has 0 radical (unpaired) electrons. The van der Waals surface area contributed by atoms with Crippen LogP contribution in [0.4, 0.5) is 0 Å². The minimum absolute atomic E-state index is 0.116. The predicted molar refractivity (Wildman–Crippen MR) is 71.1 cm³/mol. The molecule has 17 heavy (non-hydrogen) atoms. The van der Waals surface area contributed by atoms with Gasteiger partial charge in [0.2, 0.25) is 0 Å². The van der Waals surface area contributed by atoms with E-state index in [1.807, 2.05) is 11.4 Å². The van der Waals surface area contributed by atoms with Gasteiger partial charge >= 0.3 is 0 Å². The van der Waals surface area contributed by atoms with Crippen LogP contribution in [-0.4, -0.2) is 11.9 Å². The summed E-state index contributed by atoms with van der Waals surface area (Å²) >= 11 is 4.94. The molecule has 1 aromatic rings. The molecule has 1 amide bonds. The third-order valence-corrected chi connectivity index (χ3v) is 6.69. The van der Waals surface area contributed by atoms with Gasteiger partial charge in [-0.05, 0) is 70.3 Å². The van der Waals surface area contributed by atoms with Crippen LogP contribution in [0, 0.1) is 23.7 Å². The Kier molecular flexibility index (Phi) is 2.22. The fourth-order valence-electron chi connectivity index (χ4n) is 4.19. The maximum absolute atomic E-state index is 12.1. The van der Waals surface area contributed by atoms with Gasteiger partial charge in [0.1, 0.15) is 4.88 Å². The molecule has 0 aromatic carbocycles. The Labute approximate surface area is 113 Å². The third kappa shape index (κ3) is 1.46. The second kappa shape index (κ2) is 3.58. The highest BCUT2D eigenvalue weighted by atomic mass is 79.9. The van der Waals surface area contributed by atoms with Gasteiger partial charge in [-0.2, -0.15) is 0 Å². The first-order valence-corrected chi connectivity index (χ1v) is 7.97. The number of amides is 1. The maximum atomic E-state index is 12.1. The SMILES string of the molecule is O=C(NC1C2C3CCC(C3)C12)c1sccc1Br. The van der Waals surface area contributed by atoms with Gasteiger partial charge in [-0.1, -0.05) is 0 Å². The molecular formula is C13H14BrNOS. The molecule has 4 heteroatoms. The van der Waals surface area contributed by atoms with E-state index in [1.54, 1.807) is 0 Å². The van der Waals surface area contributed by atoms with E-state index < -0.39 is 0 Å². The van der Waals surface area contributed by atoms with E-state index in [9.17, 15) is 4.79 Å². The fourth-order valence-corrected chi connectivity index (χ4v) is 5.65. The number of fused-ring (bicyclic) bond motifs is 5. The van der Waals surface area contributed by atoms with Crippen LogP contribution in [0.5, 0.6) is 0 Å². The van der Waals surface area contributed by atoms with Crippen molar-refractivity contribution in [3.63, 3.8) is 0 Å². The first-order valence-electron chi connectivity index (χ1n) is 6.29. The van der Waals surface area contributed by atoms with Crippen LogP contribution in [0.2, 0.25) is 0 Å². The zero-order chi connectivity index (χ0) is 11.6. The van der Waals surface area contributed by atoms with Gasteiger partial charge in [0.15, 0.2) is 0 Å². The highest BCUT2D eigenvalue weighted by Gasteiger charge is 2.65. The number of carbonyl (C=O) groups is 1. The molecule has 1 N–H and O–H groups in total. The molecule has 90 valence electrons. The number of hydrogen-bond acceptors (Lipinski definition) is 2. The van der Waals surface area contributed by atoms with Crippen molar-refractivity contribution in [2.75, 3.05) is 0 Å². The zero-order valence-electron chi connectivity index (χ0n) is 9.36. The molecule has 3 saturated carbocycles. The fraction of sp³-hybridized carbons (Fsp3) is 0.615. The molecule has 4 atom stereocenters. The smallest absolute Gasteiger partial charge is 0.262 e. The zero-order valence-corrected chi connectivity index (χ0v) is 11.8. The van der Waals surface area contributed by atoms with Crippen LogP contribution in [0.3, 0.4) is 0 Å². The maximum Gasteiger partial charge on any atom is 0.262 e. The summed E-state index contributed by atoms with van der Waals surface area (Å²) in [6.07, 6.45) is 4.24. The highest BCUT2D eigenvalue weighted by Crippen LogP contribution is 2.65. The lowest BCUT2D eigenvalue weighted by atomic mass is 10.0. The molecule has 1 heterocycles. The molecule has 3 fully saturated rings. The van der Waals surface area contributed by atoms with Gasteiger partial charge in [-0.15, -0.1) is 11.3 Å². The van der Waals surface area contributed by atoms with E-state index >= 15 is 0 Å². The summed E-state index contributed by atoms with van der Waals surface area (Å²) in [6.45, 7) is 0. The van der Waals surface area contributed by atoms with Gasteiger partial charge in [0.05, 0.1) is 0 Å². The van der Waals surface area contributed by atoms with Crippen molar-refractivity contribution < 1.29 is 4.79 Å². The van der Waals surface area contributed by atoms with Crippen molar-refractivity contribution in [1.29, 1.82) is 0 Å². The molecule has 0 spiro atoms. The first-order chi connectivity index (χ1) is 8.25. The second-order valence-electron chi connectivity index (χ2n) is 5.58. The first kappa shape index (κ1) is 10.6. The molecule has 3 aliphatic rings. The van der Waals surface area contributed by atoms with Crippen LogP contribution in [-0.2, 0) is 0 Å². The van der Waals surface area contributed by atoms with Crippen LogP contribution >= 0.6 is 27.3 Å². The average molecular weight is 312 g/mol. The monoisotopic (exact) mass is 311 g/mol. The predicted octanol–water partition coefficient (Wildman–Crippen LogP) is 3.28. The summed E-state index contributed by atoms with van der Waals surface area (Å²) in [5.41, 5.74) is 0. The summed E-state index contributed by atoms with van der Waals surface area (Å²) < 4.78 is 0.925. The Bertz CT molecular complexity index is 470. The van der Waals surface area contributed by atoms with Crippen molar-refractivity contribution in [3.05, 3.63) is 20.8 Å². The minimum atomic E-state index is 0.116. The summed E-state index contributed by atoms with van der Waals surface area (Å²) in [6, 6.07) is 2.43. The molecule has 4 rings (SSSR count). The van der Waals surface area contributed by atoms with Gasteiger partial charge in [0, 0.05) is 10.5 Å². The minimum Gasteiger partial charge on any atom is -0.348 e. The van der Waals surface area contributed by atoms with Crippen molar-refractivity contribution in [2.24, 2.45) is 23.7 Å². The molecule has 0 aliphatic heterocycles. The van der Waals surface area contributed by atoms with Gasteiger partial charge < -0.3 is 5.32 Å². The molecule has 3 aliphatic carbocycles. The van der Waals surface area contributed by atoms with Crippen LogP contribution in [0.15, 0.2) is 15.9 Å². The van der Waals surface area contributed by atoms with E-state index in [4.69, 9.17) is 0 Å². The Morgan fingerprint density at radius 1 is 1.35 bits per heavy atom. The van der Waals surface area contributed by atoms with Gasteiger partial charge in [-0.3, -0.25) is 4.79 Å². The Hall–Kier alpha value is -0.350. The molecule has 1 aromatic heterocycles. The lowest BCUT2D eigenvalue weighted by Gasteiger charge is -2.10. The summed E-state index contributed by atoms with van der Waals surface area (Å²) in [4.78, 5) is 12.9. The quantitative estimate of drug-likeness (QED) is 0.892. The molecule has 2 nitrogen and oxygen atoms in total. The third-order valence-electron chi connectivity index (χ3n) is 4.86. The number of thiophene rings is 1. The van der Waals surface area contributed by atoms with E-state index in [2.05, 4.69) is 21.2 Å². The average Bonchev–Trinajstić information content (AvgIpc) is 2.76. The number of carbonyl (C=O) groups excluding carboxylic acids is 1. The lowest BCUT2D eigenvalue weighted by Crippen LogP contribution is -2.29. The molecule has 0 saturated heterocycles. The Balaban J connectivity index is 1.47. The van der Waals surface area contributed by atoms with Crippen molar-refractivity contribution >= 4 is 33.2 Å². The largest absolute Gasteiger partial charge is 0.348 e. The summed E-state index contributed by atoms with van der Waals surface area (Å²) in [5, 5.41) is 5.20. The van der Waals surface area contributed by atoms with Gasteiger partial charge in [-0.25, -0.2) is 0 Å². The van der Waals surface area contributed by atoms with Crippen LogP contribution in [0.25, 0.3) is 0 Å². The lowest BCUT2D eigenvalue weighted by molar-refractivity contribution is 0.0947. The highest BCUT2D eigenvalue weighted by molar-refractivity contribution is 9.10. The van der Waals surface area contributed by atoms with Crippen molar-refractivity contribution in [1.82, 2.24) is 5.32 Å². The van der Waals surface area contributed by atoms with E-state index in [0.717, 1.165) is 33.0 Å². The number of halogens is 1. The molecule has 2 bridgehead atoms. The number of rotatable bonds is 2. The normalized spacial score (nSPS) is 41.4. The second-order valence-corrected chi connectivity index (χ2v) is 7.36.